The summed E-state index contributed by atoms with van der Waals surface area (Å²) in [7, 11) is 1.53. The Kier molecular flexibility index (Phi) is 34.9. The third-order valence-electron chi connectivity index (χ3n) is 9.28. The van der Waals surface area contributed by atoms with E-state index in [2.05, 4.69) is 19.2 Å². The minimum Gasteiger partial charge on any atom is -0.756 e. The first-order chi connectivity index (χ1) is 23.6. The molecule has 0 aliphatic rings. The molecule has 0 bridgehead atoms. The monoisotopic (exact) mass is 735 g/mol. The maximum absolute atomic E-state index is 12.8. The second kappa shape index (κ2) is 34.9. The molecule has 1 unspecified atom stereocenters. The van der Waals surface area contributed by atoms with Crippen molar-refractivity contribution in [2.45, 2.75) is 200 Å². The normalized spacial score (nSPS) is 13.8. The number of quaternary nitrogens is 1. The molecule has 1 amide bonds. The lowest BCUT2D eigenvalue weighted by atomic mass is 10.0. The molecule has 0 rings (SSSR count). The molecular formula is C40H83N2O5PS. The molecule has 49 heavy (non-hydrogen) atoms. The van der Waals surface area contributed by atoms with Gasteiger partial charge in [0, 0.05) is 12.2 Å². The van der Waals surface area contributed by atoms with Gasteiger partial charge in [0.1, 0.15) is 13.2 Å². The Hall–Kier alpha value is -0.110. The molecule has 9 heteroatoms. The Bertz CT molecular complexity index is 767. The number of amides is 1. The Morgan fingerprint density at radius 1 is 0.633 bits per heavy atom. The lowest BCUT2D eigenvalue weighted by molar-refractivity contribution is -0.870. The largest absolute Gasteiger partial charge is 0.756 e. The lowest BCUT2D eigenvalue weighted by Gasteiger charge is -2.28. The lowest BCUT2D eigenvalue weighted by Crippen LogP contribution is -2.40. The summed E-state index contributed by atoms with van der Waals surface area (Å²) in [6.45, 7) is 5.10. The van der Waals surface area contributed by atoms with Crippen LogP contribution in [-0.2, 0) is 18.4 Å². The fourth-order valence-corrected chi connectivity index (χ4v) is 7.79. The fraction of sp³-hybridized carbons (Fsp3) is 0.975. The molecule has 0 aromatic carbocycles. The molecule has 0 radical (unpaired) electrons. The van der Waals surface area contributed by atoms with Crippen molar-refractivity contribution in [3.05, 3.63) is 0 Å². The number of hydrogen-bond donors (Lipinski definition) is 1. The molecule has 0 heterocycles. The molecule has 1 N–H and O–H groups in total. The van der Waals surface area contributed by atoms with Gasteiger partial charge in [0.05, 0.1) is 33.8 Å². The zero-order valence-corrected chi connectivity index (χ0v) is 35.0. The average Bonchev–Trinajstić information content (AvgIpc) is 3.04. The quantitative estimate of drug-likeness (QED) is 0.0384. The van der Waals surface area contributed by atoms with Crippen molar-refractivity contribution in [3.8, 4) is 0 Å². The highest BCUT2D eigenvalue weighted by Gasteiger charge is 2.18. The summed E-state index contributed by atoms with van der Waals surface area (Å²) in [6.07, 6.45) is 35.9. The number of thioether (sulfide) groups is 1. The van der Waals surface area contributed by atoms with Crippen molar-refractivity contribution in [2.24, 2.45) is 0 Å². The number of rotatable bonds is 39. The van der Waals surface area contributed by atoms with Gasteiger partial charge in [-0.05, 0) is 18.6 Å². The molecule has 0 spiro atoms. The van der Waals surface area contributed by atoms with Gasteiger partial charge in [0.2, 0.25) is 5.91 Å². The maximum Gasteiger partial charge on any atom is 0.268 e. The zero-order chi connectivity index (χ0) is 36.3. The summed E-state index contributed by atoms with van der Waals surface area (Å²) in [5.74, 6) is 1.64. The summed E-state index contributed by atoms with van der Waals surface area (Å²) in [5, 5.41) is 3.06. The second-order valence-corrected chi connectivity index (χ2v) is 18.1. The summed E-state index contributed by atoms with van der Waals surface area (Å²) in [4.78, 5) is 25.2. The van der Waals surface area contributed by atoms with E-state index in [0.29, 0.717) is 23.2 Å². The van der Waals surface area contributed by atoms with Gasteiger partial charge >= 0.3 is 0 Å². The summed E-state index contributed by atoms with van der Waals surface area (Å²) in [6, 6.07) is -0.351. The van der Waals surface area contributed by atoms with E-state index < -0.39 is 7.82 Å². The molecular weight excluding hydrogens is 651 g/mol. The number of phosphoric acid groups is 1. The number of nitrogens with one attached hydrogen (secondary N) is 1. The minimum atomic E-state index is -4.42. The van der Waals surface area contributed by atoms with Crippen LogP contribution >= 0.6 is 19.6 Å². The number of unbranched alkanes of at least 4 members (excludes halogenated alkanes) is 25. The third-order valence-corrected chi connectivity index (χ3v) is 11.5. The van der Waals surface area contributed by atoms with Crippen LogP contribution in [-0.4, -0.2) is 68.8 Å². The predicted octanol–water partition coefficient (Wildman–Crippen LogP) is 11.4. The molecule has 7 nitrogen and oxygen atoms in total. The predicted molar refractivity (Wildman–Crippen MR) is 212 cm³/mol. The highest BCUT2D eigenvalue weighted by Crippen LogP contribution is 2.38. The molecule has 0 saturated carbocycles. The zero-order valence-electron chi connectivity index (χ0n) is 33.3. The first-order valence-corrected chi connectivity index (χ1v) is 23.5. The highest BCUT2D eigenvalue weighted by molar-refractivity contribution is 7.99. The first kappa shape index (κ1) is 48.9. The Morgan fingerprint density at radius 3 is 1.43 bits per heavy atom. The number of hydrogen-bond acceptors (Lipinski definition) is 6. The van der Waals surface area contributed by atoms with Crippen LogP contribution in [0.4, 0.5) is 0 Å². The number of likely N-dealkylation sites (N-methyl/N-ethyl adjacent to an activating group) is 1. The van der Waals surface area contributed by atoms with Crippen molar-refractivity contribution in [1.29, 1.82) is 0 Å². The topological polar surface area (TPSA) is 87.7 Å². The minimum absolute atomic E-state index is 0.0135. The van der Waals surface area contributed by atoms with Gasteiger partial charge in [0.15, 0.2) is 0 Å². The van der Waals surface area contributed by atoms with E-state index in [1.54, 1.807) is 11.8 Å². The second-order valence-electron chi connectivity index (χ2n) is 15.5. The van der Waals surface area contributed by atoms with E-state index in [9.17, 15) is 14.3 Å². The van der Waals surface area contributed by atoms with Gasteiger partial charge in [-0.25, -0.2) is 0 Å². The number of carbonyl (C=O) groups is 1. The van der Waals surface area contributed by atoms with Crippen LogP contribution < -0.4 is 10.2 Å². The standard InChI is InChI=1S/C40H83N2O5PS/c1-6-8-10-12-14-16-18-20-22-24-26-28-30-32-36-49-38-39(37-47-48(44,45)46-35-34-42(3,4)5)41-40(43)33-31-29-27-25-23-21-19-17-15-13-11-9-7-2/h39H,6-38H2,1-5H3,(H-,41,43,44,45)/t39-/m0/s1. The summed E-state index contributed by atoms with van der Waals surface area (Å²) < 4.78 is 23.3. The van der Waals surface area contributed by atoms with Gasteiger partial charge in [-0.15, -0.1) is 0 Å². The van der Waals surface area contributed by atoms with E-state index in [1.807, 2.05) is 21.1 Å². The molecule has 0 aliphatic heterocycles. The van der Waals surface area contributed by atoms with E-state index >= 15 is 0 Å². The number of phosphoric ester groups is 1. The van der Waals surface area contributed by atoms with Crippen LogP contribution in [0.3, 0.4) is 0 Å². The van der Waals surface area contributed by atoms with Crippen LogP contribution in [0.2, 0.25) is 0 Å². The Morgan fingerprint density at radius 2 is 1.02 bits per heavy atom. The van der Waals surface area contributed by atoms with Gasteiger partial charge in [-0.2, -0.15) is 11.8 Å². The van der Waals surface area contributed by atoms with Crippen molar-refractivity contribution >= 4 is 25.5 Å². The molecule has 0 aromatic rings. The first-order valence-electron chi connectivity index (χ1n) is 20.9. The summed E-state index contributed by atoms with van der Waals surface area (Å²) >= 11 is 1.78. The third kappa shape index (κ3) is 38.9. The van der Waals surface area contributed by atoms with Crippen LogP contribution in [0.1, 0.15) is 194 Å². The van der Waals surface area contributed by atoms with Crippen LogP contribution in [0, 0.1) is 0 Å². The van der Waals surface area contributed by atoms with Crippen molar-refractivity contribution in [1.82, 2.24) is 5.32 Å². The SMILES string of the molecule is CCCCCCCCCCCCCCCCSC[C@H](COP(=O)([O-])OCC[N+](C)(C)C)NC(=O)CCCCCCCCCCCCCCC. The van der Waals surface area contributed by atoms with Gasteiger partial charge in [0.25, 0.3) is 7.82 Å². The number of carbonyl (C=O) groups excluding carboxylic acids is 1. The molecule has 0 fully saturated rings. The number of nitrogens with zero attached hydrogens (tertiary/aromatic N) is 1. The van der Waals surface area contributed by atoms with Crippen LogP contribution in [0.5, 0.6) is 0 Å². The Labute approximate surface area is 309 Å². The van der Waals surface area contributed by atoms with E-state index in [-0.39, 0.29) is 25.2 Å². The van der Waals surface area contributed by atoms with E-state index in [0.717, 1.165) is 25.0 Å². The average molecular weight is 735 g/mol. The Balaban J connectivity index is 4.22. The summed E-state index contributed by atoms with van der Waals surface area (Å²) in [5.41, 5.74) is 0. The van der Waals surface area contributed by atoms with Crippen molar-refractivity contribution in [2.75, 3.05) is 52.4 Å². The van der Waals surface area contributed by atoms with Gasteiger partial charge in [-0.3, -0.25) is 9.36 Å². The van der Waals surface area contributed by atoms with Gasteiger partial charge < -0.3 is 23.7 Å². The molecule has 0 aliphatic carbocycles. The van der Waals surface area contributed by atoms with Crippen LogP contribution in [0.25, 0.3) is 0 Å². The van der Waals surface area contributed by atoms with Crippen molar-refractivity contribution < 1.29 is 27.8 Å². The molecule has 2 atom stereocenters. The van der Waals surface area contributed by atoms with E-state index in [4.69, 9.17) is 9.05 Å². The van der Waals surface area contributed by atoms with Crippen molar-refractivity contribution in [3.63, 3.8) is 0 Å². The molecule has 294 valence electrons. The molecule has 0 aromatic heterocycles. The van der Waals surface area contributed by atoms with E-state index in [1.165, 1.54) is 154 Å². The van der Waals surface area contributed by atoms with Crippen LogP contribution in [0.15, 0.2) is 0 Å². The fourth-order valence-electron chi connectivity index (χ4n) is 6.00. The molecule has 0 saturated heterocycles. The van der Waals surface area contributed by atoms with Gasteiger partial charge in [-0.1, -0.05) is 174 Å². The maximum atomic E-state index is 12.8. The highest BCUT2D eigenvalue weighted by atomic mass is 32.2. The smallest absolute Gasteiger partial charge is 0.268 e.